The smallest absolute Gasteiger partial charge is 0.249 e. The molecule has 0 saturated carbocycles. The van der Waals surface area contributed by atoms with Crippen LogP contribution >= 0.6 is 15.9 Å². The number of carbonyl (C=O) groups is 3. The van der Waals surface area contributed by atoms with Crippen LogP contribution in [0.25, 0.3) is 0 Å². The highest BCUT2D eigenvalue weighted by Crippen LogP contribution is 2.35. The lowest BCUT2D eigenvalue weighted by Crippen LogP contribution is -2.53. The molecule has 2 saturated heterocycles. The van der Waals surface area contributed by atoms with E-state index in [-0.39, 0.29) is 29.6 Å². The standard InChI is InChI=1S/C13H13BrN2O3/c14-8-1-2-9-7(5-8)6-16(13(9)19)10-3-4-11(17)15-12(10)18/h1-2,5,7,9-10H,3-4,6H2,(H,15,17,18). The minimum atomic E-state index is -0.503. The number of allylic oxidation sites excluding steroid dienone is 2. The number of fused-ring (bicyclic) bond motifs is 1. The average Bonchev–Trinajstić information content (AvgIpc) is 2.66. The Morgan fingerprint density at radius 1 is 1.32 bits per heavy atom. The third-order valence-electron chi connectivity index (χ3n) is 3.86. The number of nitrogens with zero attached hydrogens (tertiary/aromatic N) is 1. The van der Waals surface area contributed by atoms with Crippen molar-refractivity contribution < 1.29 is 14.4 Å². The van der Waals surface area contributed by atoms with Gasteiger partial charge in [-0.05, 0) is 6.42 Å². The molecule has 0 aromatic rings. The fourth-order valence-corrected chi connectivity index (χ4v) is 3.39. The molecule has 1 aliphatic carbocycles. The highest BCUT2D eigenvalue weighted by molar-refractivity contribution is 9.11. The fourth-order valence-electron chi connectivity index (χ4n) is 2.90. The minimum absolute atomic E-state index is 0.0213. The zero-order chi connectivity index (χ0) is 13.6. The van der Waals surface area contributed by atoms with E-state index in [4.69, 9.17) is 0 Å². The Morgan fingerprint density at radius 3 is 2.84 bits per heavy atom. The monoisotopic (exact) mass is 324 g/mol. The molecule has 3 atom stereocenters. The van der Waals surface area contributed by atoms with Gasteiger partial charge in [0.15, 0.2) is 0 Å². The quantitative estimate of drug-likeness (QED) is 0.722. The summed E-state index contributed by atoms with van der Waals surface area (Å²) in [5.74, 6) is -0.695. The van der Waals surface area contributed by atoms with Crippen molar-refractivity contribution in [2.45, 2.75) is 18.9 Å². The zero-order valence-corrected chi connectivity index (χ0v) is 11.7. The normalized spacial score (nSPS) is 34.2. The van der Waals surface area contributed by atoms with Crippen LogP contribution in [0, 0.1) is 11.8 Å². The van der Waals surface area contributed by atoms with Gasteiger partial charge >= 0.3 is 0 Å². The second-order valence-electron chi connectivity index (χ2n) is 5.06. The predicted octanol–water partition coefficient (Wildman–Crippen LogP) is 0.715. The maximum Gasteiger partial charge on any atom is 0.249 e. The molecular formula is C13H13BrN2O3. The van der Waals surface area contributed by atoms with E-state index in [1.165, 1.54) is 0 Å². The summed E-state index contributed by atoms with van der Waals surface area (Å²) in [7, 11) is 0. The molecule has 100 valence electrons. The fraction of sp³-hybridized carbons (Fsp3) is 0.462. The summed E-state index contributed by atoms with van der Waals surface area (Å²) in [6.45, 7) is 0.537. The van der Waals surface area contributed by atoms with Gasteiger partial charge in [-0.1, -0.05) is 34.2 Å². The van der Waals surface area contributed by atoms with Crippen molar-refractivity contribution in [1.82, 2.24) is 10.2 Å². The first kappa shape index (κ1) is 12.6. The number of carbonyl (C=O) groups excluding carboxylic acids is 3. The molecule has 3 aliphatic rings. The molecule has 19 heavy (non-hydrogen) atoms. The summed E-state index contributed by atoms with van der Waals surface area (Å²) >= 11 is 3.40. The molecule has 2 heterocycles. The first-order valence-electron chi connectivity index (χ1n) is 6.26. The van der Waals surface area contributed by atoms with Crippen LogP contribution in [0.15, 0.2) is 22.7 Å². The van der Waals surface area contributed by atoms with Crippen LogP contribution in [0.1, 0.15) is 12.8 Å². The summed E-state index contributed by atoms with van der Waals surface area (Å²) in [5.41, 5.74) is 0. The predicted molar refractivity (Wildman–Crippen MR) is 71.0 cm³/mol. The van der Waals surface area contributed by atoms with Gasteiger partial charge in [0.05, 0.1) is 5.92 Å². The van der Waals surface area contributed by atoms with Crippen molar-refractivity contribution in [1.29, 1.82) is 0 Å². The van der Waals surface area contributed by atoms with E-state index in [2.05, 4.69) is 21.2 Å². The summed E-state index contributed by atoms with van der Waals surface area (Å²) < 4.78 is 0.965. The van der Waals surface area contributed by atoms with Gasteiger partial charge in [-0.25, -0.2) is 0 Å². The van der Waals surface area contributed by atoms with Crippen molar-refractivity contribution in [3.8, 4) is 0 Å². The van der Waals surface area contributed by atoms with Gasteiger partial charge in [0.2, 0.25) is 17.7 Å². The maximum absolute atomic E-state index is 12.3. The van der Waals surface area contributed by atoms with E-state index in [1.807, 2.05) is 18.2 Å². The number of rotatable bonds is 1. The number of imide groups is 1. The summed E-state index contributed by atoms with van der Waals surface area (Å²) in [6.07, 6.45) is 6.47. The molecular weight excluding hydrogens is 312 g/mol. The Kier molecular flexibility index (Phi) is 3.05. The van der Waals surface area contributed by atoms with Crippen molar-refractivity contribution in [3.05, 3.63) is 22.7 Å². The largest absolute Gasteiger partial charge is 0.329 e. The van der Waals surface area contributed by atoms with Crippen LogP contribution in [0.5, 0.6) is 0 Å². The van der Waals surface area contributed by atoms with Gasteiger partial charge in [0.1, 0.15) is 6.04 Å². The van der Waals surface area contributed by atoms with E-state index in [0.717, 1.165) is 4.48 Å². The Hall–Kier alpha value is -1.43. The lowest BCUT2D eigenvalue weighted by atomic mass is 9.92. The van der Waals surface area contributed by atoms with E-state index in [0.29, 0.717) is 19.4 Å². The molecule has 0 bridgehead atoms. The molecule has 3 unspecified atom stereocenters. The zero-order valence-electron chi connectivity index (χ0n) is 10.1. The number of likely N-dealkylation sites (tertiary alicyclic amines) is 1. The summed E-state index contributed by atoms with van der Waals surface area (Å²) in [4.78, 5) is 36.9. The van der Waals surface area contributed by atoms with E-state index < -0.39 is 6.04 Å². The van der Waals surface area contributed by atoms with E-state index in [9.17, 15) is 14.4 Å². The van der Waals surface area contributed by atoms with Gasteiger partial charge in [-0.2, -0.15) is 0 Å². The van der Waals surface area contributed by atoms with Crippen LogP contribution in [0.3, 0.4) is 0 Å². The van der Waals surface area contributed by atoms with Crippen LogP contribution in [-0.2, 0) is 14.4 Å². The molecule has 3 rings (SSSR count). The number of hydrogen-bond acceptors (Lipinski definition) is 3. The third kappa shape index (κ3) is 2.14. The first-order valence-corrected chi connectivity index (χ1v) is 7.05. The number of halogens is 1. The molecule has 2 aliphatic heterocycles. The highest BCUT2D eigenvalue weighted by atomic mass is 79.9. The van der Waals surface area contributed by atoms with Gasteiger partial charge in [-0.3, -0.25) is 19.7 Å². The van der Waals surface area contributed by atoms with Crippen LogP contribution in [0.4, 0.5) is 0 Å². The third-order valence-corrected chi connectivity index (χ3v) is 4.39. The van der Waals surface area contributed by atoms with Crippen LogP contribution in [0.2, 0.25) is 0 Å². The van der Waals surface area contributed by atoms with Gasteiger partial charge < -0.3 is 4.90 Å². The Morgan fingerprint density at radius 2 is 2.11 bits per heavy atom. The lowest BCUT2D eigenvalue weighted by molar-refractivity contribution is -0.144. The van der Waals surface area contributed by atoms with Crippen molar-refractivity contribution in [2.75, 3.05) is 6.54 Å². The number of nitrogens with one attached hydrogen (secondary N) is 1. The molecule has 5 nitrogen and oxygen atoms in total. The van der Waals surface area contributed by atoms with E-state index >= 15 is 0 Å². The molecule has 3 amide bonds. The molecule has 0 spiro atoms. The number of piperidine rings is 1. The lowest BCUT2D eigenvalue weighted by Gasteiger charge is -2.29. The number of amides is 3. The Bertz CT molecular complexity index is 526. The van der Waals surface area contributed by atoms with Gasteiger partial charge in [0, 0.05) is 23.4 Å². The second kappa shape index (κ2) is 4.59. The second-order valence-corrected chi connectivity index (χ2v) is 5.97. The van der Waals surface area contributed by atoms with E-state index in [1.54, 1.807) is 4.90 Å². The molecule has 1 N–H and O–H groups in total. The molecule has 6 heteroatoms. The Balaban J connectivity index is 1.80. The first-order chi connectivity index (χ1) is 9.06. The van der Waals surface area contributed by atoms with Crippen molar-refractivity contribution in [3.63, 3.8) is 0 Å². The molecule has 0 radical (unpaired) electrons. The van der Waals surface area contributed by atoms with Crippen molar-refractivity contribution in [2.24, 2.45) is 11.8 Å². The molecule has 0 aromatic heterocycles. The average molecular weight is 325 g/mol. The summed E-state index contributed by atoms with van der Waals surface area (Å²) in [5, 5.41) is 2.30. The SMILES string of the molecule is O=C1CCC(N2CC3C=C(Br)C=CC3C2=O)C(=O)N1. The highest BCUT2D eigenvalue weighted by Gasteiger charge is 2.45. The van der Waals surface area contributed by atoms with Crippen LogP contribution in [-0.4, -0.2) is 35.2 Å². The van der Waals surface area contributed by atoms with Gasteiger partial charge in [0.25, 0.3) is 0 Å². The molecule has 2 fully saturated rings. The Labute approximate surface area is 118 Å². The minimum Gasteiger partial charge on any atom is -0.329 e. The topological polar surface area (TPSA) is 66.5 Å². The van der Waals surface area contributed by atoms with Crippen LogP contribution < -0.4 is 5.32 Å². The molecule has 0 aromatic carbocycles. The number of hydrogen-bond donors (Lipinski definition) is 1. The van der Waals surface area contributed by atoms with Crippen molar-refractivity contribution >= 4 is 33.7 Å². The van der Waals surface area contributed by atoms with Gasteiger partial charge in [-0.15, -0.1) is 0 Å². The maximum atomic E-state index is 12.3. The summed E-state index contributed by atoms with van der Waals surface area (Å²) in [6, 6.07) is -0.503.